The highest BCUT2D eigenvalue weighted by Gasteiger charge is 2.19. The number of amides is 1. The van der Waals surface area contributed by atoms with Crippen LogP contribution >= 0.6 is 22.9 Å². The van der Waals surface area contributed by atoms with Gasteiger partial charge in [0.25, 0.3) is 0 Å². The third kappa shape index (κ3) is 6.19. The van der Waals surface area contributed by atoms with Crippen LogP contribution in [0.1, 0.15) is 43.9 Å². The number of benzene rings is 1. The van der Waals surface area contributed by atoms with Crippen LogP contribution < -0.4 is 10.1 Å². The van der Waals surface area contributed by atoms with Gasteiger partial charge in [-0.1, -0.05) is 30.2 Å². The van der Waals surface area contributed by atoms with Crippen LogP contribution in [-0.2, 0) is 11.3 Å². The fourth-order valence-electron chi connectivity index (χ4n) is 3.19. The molecule has 1 aliphatic heterocycles. The van der Waals surface area contributed by atoms with Crippen molar-refractivity contribution >= 4 is 34.0 Å². The van der Waals surface area contributed by atoms with Crippen molar-refractivity contribution in [3.8, 4) is 5.75 Å². The van der Waals surface area contributed by atoms with Crippen LogP contribution in [0.2, 0.25) is 5.02 Å². The highest BCUT2D eigenvalue weighted by molar-refractivity contribution is 7.15. The van der Waals surface area contributed by atoms with E-state index in [-0.39, 0.29) is 5.91 Å². The summed E-state index contributed by atoms with van der Waals surface area (Å²) in [5.74, 6) is 0.612. The molecule has 1 unspecified atom stereocenters. The fourth-order valence-corrected chi connectivity index (χ4v) is 4.23. The van der Waals surface area contributed by atoms with Gasteiger partial charge in [-0.25, -0.2) is 4.98 Å². The molecule has 0 saturated carbocycles. The highest BCUT2D eigenvalue weighted by atomic mass is 35.5. The molecule has 1 atom stereocenters. The molecule has 27 heavy (non-hydrogen) atoms. The van der Waals surface area contributed by atoms with E-state index >= 15 is 0 Å². The molecule has 7 heteroatoms. The van der Waals surface area contributed by atoms with E-state index in [0.717, 1.165) is 13.1 Å². The summed E-state index contributed by atoms with van der Waals surface area (Å²) in [6, 6.07) is 7.96. The molecule has 2 aromatic rings. The Balaban J connectivity index is 1.38. The molecule has 3 rings (SSSR count). The molecule has 1 fully saturated rings. The van der Waals surface area contributed by atoms with Crippen LogP contribution in [0.15, 0.2) is 30.5 Å². The maximum absolute atomic E-state index is 12.1. The first-order valence-electron chi connectivity index (χ1n) is 9.48. The summed E-state index contributed by atoms with van der Waals surface area (Å²) < 4.78 is 5.61. The van der Waals surface area contributed by atoms with Crippen molar-refractivity contribution in [2.24, 2.45) is 0 Å². The Morgan fingerprint density at radius 3 is 3.07 bits per heavy atom. The van der Waals surface area contributed by atoms with Crippen molar-refractivity contribution in [3.05, 3.63) is 40.4 Å². The second-order valence-corrected chi connectivity index (χ2v) is 8.40. The number of hydrogen-bond donors (Lipinski definition) is 1. The monoisotopic (exact) mass is 407 g/mol. The molecule has 0 bridgehead atoms. The minimum atomic E-state index is -0.0370. The first kappa shape index (κ1) is 20.1. The van der Waals surface area contributed by atoms with Gasteiger partial charge in [-0.2, -0.15) is 0 Å². The predicted octanol–water partition coefficient (Wildman–Crippen LogP) is 4.97. The zero-order valence-electron chi connectivity index (χ0n) is 15.6. The Kier molecular flexibility index (Phi) is 7.50. The Bertz CT molecular complexity index is 752. The molecule has 1 aromatic heterocycles. The second kappa shape index (κ2) is 10.1. The summed E-state index contributed by atoms with van der Waals surface area (Å²) in [5, 5.41) is 4.15. The molecule has 1 saturated heterocycles. The molecule has 1 aliphatic rings. The van der Waals surface area contributed by atoms with E-state index in [1.807, 2.05) is 24.4 Å². The van der Waals surface area contributed by atoms with Crippen molar-refractivity contribution in [1.82, 2.24) is 9.88 Å². The lowest BCUT2D eigenvalue weighted by Gasteiger charge is -2.32. The lowest BCUT2D eigenvalue weighted by Crippen LogP contribution is -2.36. The first-order valence-corrected chi connectivity index (χ1v) is 10.7. The molecule has 5 nitrogen and oxygen atoms in total. The van der Waals surface area contributed by atoms with E-state index in [2.05, 4.69) is 22.1 Å². The smallest absolute Gasteiger partial charge is 0.226 e. The van der Waals surface area contributed by atoms with E-state index in [1.54, 1.807) is 17.4 Å². The Hall–Kier alpha value is -1.63. The largest absolute Gasteiger partial charge is 0.492 e. The number of hydrogen-bond acceptors (Lipinski definition) is 5. The number of para-hydroxylation sites is 1. The third-order valence-corrected chi connectivity index (χ3v) is 5.95. The van der Waals surface area contributed by atoms with Gasteiger partial charge in [0.2, 0.25) is 5.91 Å². The summed E-state index contributed by atoms with van der Waals surface area (Å²) in [6.07, 6.45) is 6.74. The Morgan fingerprint density at radius 2 is 2.26 bits per heavy atom. The number of thiazole rings is 1. The zero-order chi connectivity index (χ0) is 19.1. The van der Waals surface area contributed by atoms with Gasteiger partial charge in [-0.3, -0.25) is 9.69 Å². The van der Waals surface area contributed by atoms with Crippen LogP contribution in [0.4, 0.5) is 5.13 Å². The van der Waals surface area contributed by atoms with Crippen LogP contribution in [-0.4, -0.2) is 35.0 Å². The topological polar surface area (TPSA) is 54.5 Å². The molecule has 2 heterocycles. The number of rotatable bonds is 8. The maximum Gasteiger partial charge on any atom is 0.226 e. The average Bonchev–Trinajstić information content (AvgIpc) is 3.09. The number of aromatic nitrogens is 1. The maximum atomic E-state index is 12.1. The SMILES string of the molecule is CC1CCCCN1Cc1cnc(NC(=O)CCCOc2ccccc2Cl)s1. The van der Waals surface area contributed by atoms with Crippen LogP contribution in [0.25, 0.3) is 0 Å². The molecule has 1 aromatic carbocycles. The van der Waals surface area contributed by atoms with E-state index in [9.17, 15) is 4.79 Å². The van der Waals surface area contributed by atoms with Crippen molar-refractivity contribution < 1.29 is 9.53 Å². The van der Waals surface area contributed by atoms with E-state index < -0.39 is 0 Å². The van der Waals surface area contributed by atoms with Gasteiger partial charge in [-0.05, 0) is 44.9 Å². The molecular formula is C20H26ClN3O2S. The van der Waals surface area contributed by atoms with Gasteiger partial charge >= 0.3 is 0 Å². The predicted molar refractivity (Wildman–Crippen MR) is 111 cm³/mol. The number of ether oxygens (including phenoxy) is 1. The summed E-state index contributed by atoms with van der Waals surface area (Å²) in [6.45, 7) is 4.80. The van der Waals surface area contributed by atoms with Crippen molar-refractivity contribution in [2.75, 3.05) is 18.5 Å². The van der Waals surface area contributed by atoms with Crippen molar-refractivity contribution in [1.29, 1.82) is 0 Å². The summed E-state index contributed by atoms with van der Waals surface area (Å²) in [5.41, 5.74) is 0. The number of nitrogens with one attached hydrogen (secondary N) is 1. The molecule has 0 spiro atoms. The van der Waals surface area contributed by atoms with E-state index in [0.29, 0.717) is 41.4 Å². The number of piperidine rings is 1. The number of nitrogens with zero attached hydrogens (tertiary/aromatic N) is 2. The van der Waals surface area contributed by atoms with Crippen molar-refractivity contribution in [3.63, 3.8) is 0 Å². The third-order valence-electron chi connectivity index (χ3n) is 4.74. The van der Waals surface area contributed by atoms with Gasteiger partial charge < -0.3 is 10.1 Å². The molecule has 0 aliphatic carbocycles. The number of carbonyl (C=O) groups excluding carboxylic acids is 1. The van der Waals surface area contributed by atoms with Gasteiger partial charge in [-0.15, -0.1) is 11.3 Å². The second-order valence-electron chi connectivity index (χ2n) is 6.88. The van der Waals surface area contributed by atoms with E-state index in [4.69, 9.17) is 16.3 Å². The molecule has 146 valence electrons. The number of anilines is 1. The summed E-state index contributed by atoms with van der Waals surface area (Å²) in [7, 11) is 0. The van der Waals surface area contributed by atoms with E-state index in [1.165, 1.54) is 24.1 Å². The van der Waals surface area contributed by atoms with Crippen molar-refractivity contribution in [2.45, 2.75) is 51.6 Å². The lowest BCUT2D eigenvalue weighted by atomic mass is 10.0. The van der Waals surface area contributed by atoms with Crippen LogP contribution in [0, 0.1) is 0 Å². The van der Waals surface area contributed by atoms with Gasteiger partial charge in [0.1, 0.15) is 5.75 Å². The van der Waals surface area contributed by atoms with Gasteiger partial charge in [0, 0.05) is 30.1 Å². The van der Waals surface area contributed by atoms with Crippen LogP contribution in [0.5, 0.6) is 5.75 Å². The number of halogens is 1. The minimum absolute atomic E-state index is 0.0370. The van der Waals surface area contributed by atoms with Gasteiger partial charge in [0.05, 0.1) is 11.6 Å². The van der Waals surface area contributed by atoms with Gasteiger partial charge in [0.15, 0.2) is 5.13 Å². The molecule has 1 N–H and O–H groups in total. The molecular weight excluding hydrogens is 382 g/mol. The van der Waals surface area contributed by atoms with Crippen LogP contribution in [0.3, 0.4) is 0 Å². The zero-order valence-corrected chi connectivity index (χ0v) is 17.2. The molecule has 1 amide bonds. The average molecular weight is 408 g/mol. The quantitative estimate of drug-likeness (QED) is 0.628. The lowest BCUT2D eigenvalue weighted by molar-refractivity contribution is -0.116. The normalized spacial score (nSPS) is 17.6. The molecule has 0 radical (unpaired) electrons. The summed E-state index contributed by atoms with van der Waals surface area (Å²) >= 11 is 7.60. The highest BCUT2D eigenvalue weighted by Crippen LogP contribution is 2.25. The minimum Gasteiger partial charge on any atom is -0.492 e. The Morgan fingerprint density at radius 1 is 1.41 bits per heavy atom. The number of likely N-dealkylation sites (tertiary alicyclic amines) is 1. The standard InChI is InChI=1S/C20H26ClN3O2S/c1-15-7-4-5-11-24(15)14-16-13-22-20(27-16)23-19(25)10-6-12-26-18-9-3-2-8-17(18)21/h2-3,8-9,13,15H,4-7,10-12,14H2,1H3,(H,22,23,25). The number of carbonyl (C=O) groups is 1. The first-order chi connectivity index (χ1) is 13.1. The summed E-state index contributed by atoms with van der Waals surface area (Å²) in [4.78, 5) is 20.1. The fraction of sp³-hybridized carbons (Fsp3) is 0.500. The Labute approximate surface area is 169 Å².